The van der Waals surface area contributed by atoms with Gasteiger partial charge in [0.2, 0.25) is 0 Å². The normalized spacial score (nSPS) is 5.14. The average Bonchev–Trinajstić information content (AvgIpc) is 1.39. The molecule has 0 fully saturated rings. The molecule has 0 aliphatic rings. The maximum Gasteiger partial charge on any atom is 0.117 e. The Balaban J connectivity index is -0.0000000400. The fourth-order valence-corrected chi connectivity index (χ4v) is 0. The minimum Gasteiger partial charge on any atom is -0.550 e. The summed E-state index contributed by atoms with van der Waals surface area (Å²) in [5, 5.41) is 14.5. The molecule has 0 rings (SSSR count). The van der Waals surface area contributed by atoms with Crippen LogP contribution in [0, 0.1) is 6.07 Å². The largest absolute Gasteiger partial charge is 0.550 e. The standard InChI is InChI=1S/CH3ClO.CH2ClO.Ti/c2*2-1-3;/h3H,1H2;1,3H;/q;-1;. The third-order valence-electron chi connectivity index (χ3n) is 0. The van der Waals surface area contributed by atoms with E-state index in [1.807, 2.05) is 0 Å². The Morgan fingerprint density at radius 3 is 1.57 bits per heavy atom. The zero-order valence-corrected chi connectivity index (χ0v) is 6.51. The summed E-state index contributed by atoms with van der Waals surface area (Å²) in [4.78, 5) is 0. The van der Waals surface area contributed by atoms with Crippen molar-refractivity contribution >= 4 is 23.2 Å². The van der Waals surface area contributed by atoms with Gasteiger partial charge in [0.05, 0.1) is 0 Å². The second-order valence-corrected chi connectivity index (χ2v) is 0.651. The Hall–Kier alpha value is 1.21. The van der Waals surface area contributed by atoms with E-state index in [0.717, 1.165) is 0 Å². The molecule has 0 heterocycles. The van der Waals surface area contributed by atoms with Gasteiger partial charge < -0.3 is 21.8 Å². The Labute approximate surface area is 67.3 Å². The van der Waals surface area contributed by atoms with Crippen molar-refractivity contribution in [2.45, 2.75) is 0 Å². The Morgan fingerprint density at radius 2 is 1.57 bits per heavy atom. The zero-order chi connectivity index (χ0) is 5.41. The fraction of sp³-hybridized carbons (Fsp3) is 0.500. The number of hydrogen-bond donors (Lipinski definition) is 2. The van der Waals surface area contributed by atoms with Gasteiger partial charge in [-0.1, -0.05) is 11.6 Å². The summed E-state index contributed by atoms with van der Waals surface area (Å²) in [6.07, 6.45) is 0. The van der Waals surface area contributed by atoms with E-state index in [1.165, 1.54) is 0 Å². The third kappa shape index (κ3) is 133. The summed E-state index contributed by atoms with van der Waals surface area (Å²) in [6, 6.07) is 0.194. The summed E-state index contributed by atoms with van der Waals surface area (Å²) in [5.74, 6) is 0. The van der Waals surface area contributed by atoms with E-state index < -0.39 is 0 Å². The Bertz CT molecular complexity index is 15.7. The first-order valence-electron chi connectivity index (χ1n) is 1.06. The summed E-state index contributed by atoms with van der Waals surface area (Å²) in [6.45, 7) is 0. The molecule has 5 heteroatoms. The van der Waals surface area contributed by atoms with Crippen LogP contribution in [0.25, 0.3) is 0 Å². The molecule has 0 bridgehead atoms. The molecule has 2 nitrogen and oxygen atoms in total. The predicted molar refractivity (Wildman–Crippen MR) is 25.0 cm³/mol. The summed E-state index contributed by atoms with van der Waals surface area (Å²) in [7, 11) is 0. The topological polar surface area (TPSA) is 40.5 Å². The van der Waals surface area contributed by atoms with Crippen molar-refractivity contribution < 1.29 is 31.9 Å². The minimum absolute atomic E-state index is 0. The van der Waals surface area contributed by atoms with E-state index in [0.29, 0.717) is 6.07 Å². The van der Waals surface area contributed by atoms with Gasteiger partial charge in [-0.3, -0.25) is 0 Å². The summed E-state index contributed by atoms with van der Waals surface area (Å²) in [5.41, 5.74) is 0. The summed E-state index contributed by atoms with van der Waals surface area (Å²) >= 11 is 8.98. The van der Waals surface area contributed by atoms with Crippen molar-refractivity contribution in [3.05, 3.63) is 6.07 Å². The molecule has 0 aromatic rings. The van der Waals surface area contributed by atoms with E-state index in [4.69, 9.17) is 10.2 Å². The Kier molecular flexibility index (Phi) is 60.6. The quantitative estimate of drug-likeness (QED) is 0.330. The molecule has 0 aliphatic carbocycles. The van der Waals surface area contributed by atoms with Gasteiger partial charge in [-0.15, -0.1) is 6.07 Å². The number of hydrogen-bond acceptors (Lipinski definition) is 2. The number of aliphatic hydroxyl groups is 2. The SMILES string of the molecule is OCCl.O[CH-]Cl.[Ti]. The van der Waals surface area contributed by atoms with Crippen molar-refractivity contribution in [1.82, 2.24) is 0 Å². The van der Waals surface area contributed by atoms with E-state index >= 15 is 0 Å². The summed E-state index contributed by atoms with van der Waals surface area (Å²) < 4.78 is 0. The van der Waals surface area contributed by atoms with Crippen LogP contribution in [-0.4, -0.2) is 16.3 Å². The molecule has 0 atom stereocenters. The second kappa shape index (κ2) is 27.0. The van der Waals surface area contributed by atoms with Crippen molar-refractivity contribution in [2.75, 3.05) is 6.07 Å². The second-order valence-electron chi connectivity index (χ2n) is 0.217. The first kappa shape index (κ1) is 15.7. The Morgan fingerprint density at radius 1 is 1.57 bits per heavy atom. The van der Waals surface area contributed by atoms with E-state index in [1.54, 1.807) is 0 Å². The third-order valence-corrected chi connectivity index (χ3v) is 0. The minimum atomic E-state index is -0.278. The molecule has 2 N–H and O–H groups in total. The molecule has 7 heavy (non-hydrogen) atoms. The molecule has 0 unspecified atom stereocenters. The first-order valence-corrected chi connectivity index (χ1v) is 2.03. The van der Waals surface area contributed by atoms with E-state index in [2.05, 4.69) is 23.2 Å². The van der Waals surface area contributed by atoms with Gasteiger partial charge in [0.25, 0.3) is 0 Å². The van der Waals surface area contributed by atoms with Gasteiger partial charge in [-0.2, -0.15) is 0 Å². The molecule has 0 saturated heterocycles. The van der Waals surface area contributed by atoms with Gasteiger partial charge in [0.1, 0.15) is 6.07 Å². The molecule has 0 spiro atoms. The zero-order valence-electron chi connectivity index (χ0n) is 3.43. The van der Waals surface area contributed by atoms with Crippen LogP contribution in [0.3, 0.4) is 0 Å². The molecule has 0 amide bonds. The maximum atomic E-state index is 7.33. The fourth-order valence-electron chi connectivity index (χ4n) is 0. The van der Waals surface area contributed by atoms with Gasteiger partial charge in [-0.05, 0) is 0 Å². The molecule has 0 aromatic heterocycles. The monoisotopic (exact) mass is 179 g/mol. The van der Waals surface area contributed by atoms with E-state index in [9.17, 15) is 0 Å². The maximum absolute atomic E-state index is 7.33. The van der Waals surface area contributed by atoms with Gasteiger partial charge in [0, 0.05) is 21.7 Å². The van der Waals surface area contributed by atoms with Crippen LogP contribution < -0.4 is 0 Å². The molecule has 0 aliphatic heterocycles. The van der Waals surface area contributed by atoms with Gasteiger partial charge >= 0.3 is 0 Å². The van der Waals surface area contributed by atoms with Crippen molar-refractivity contribution in [3.63, 3.8) is 0 Å². The van der Waals surface area contributed by atoms with Crippen LogP contribution >= 0.6 is 23.2 Å². The van der Waals surface area contributed by atoms with Crippen LogP contribution in [0.1, 0.15) is 0 Å². The van der Waals surface area contributed by atoms with Crippen molar-refractivity contribution in [3.8, 4) is 0 Å². The van der Waals surface area contributed by atoms with Crippen molar-refractivity contribution in [1.29, 1.82) is 0 Å². The molecule has 0 radical (unpaired) electrons. The number of alkyl halides is 1. The van der Waals surface area contributed by atoms with Crippen LogP contribution in [0.15, 0.2) is 0 Å². The molecule has 44 valence electrons. The molecule has 0 aromatic carbocycles. The number of halogens is 2. The molecule has 0 saturated carbocycles. The van der Waals surface area contributed by atoms with Crippen LogP contribution in [-0.2, 0) is 21.7 Å². The van der Waals surface area contributed by atoms with Crippen molar-refractivity contribution in [2.24, 2.45) is 0 Å². The first-order chi connectivity index (χ1) is 2.83. The van der Waals surface area contributed by atoms with E-state index in [-0.39, 0.29) is 27.8 Å². The predicted octanol–water partition coefficient (Wildman–Crippen LogP) is 0.889. The van der Waals surface area contributed by atoms with Crippen LogP contribution in [0.4, 0.5) is 0 Å². The van der Waals surface area contributed by atoms with Crippen LogP contribution in [0.5, 0.6) is 0 Å². The van der Waals surface area contributed by atoms with Gasteiger partial charge in [0.15, 0.2) is 0 Å². The molecular formula is C2H5Cl2O2Ti-. The molecular weight excluding hydrogens is 175 g/mol. The smallest absolute Gasteiger partial charge is 0.117 e. The van der Waals surface area contributed by atoms with Gasteiger partial charge in [-0.25, -0.2) is 0 Å². The number of aliphatic hydroxyl groups excluding tert-OH is 2. The van der Waals surface area contributed by atoms with Crippen LogP contribution in [0.2, 0.25) is 0 Å². The average molecular weight is 180 g/mol. The number of rotatable bonds is 0.